The zero-order valence-corrected chi connectivity index (χ0v) is 11.1. The van der Waals surface area contributed by atoms with Gasteiger partial charge in [-0.3, -0.25) is 4.79 Å². The van der Waals surface area contributed by atoms with E-state index in [0.717, 1.165) is 16.8 Å². The summed E-state index contributed by atoms with van der Waals surface area (Å²) in [6.45, 7) is 2.06. The quantitative estimate of drug-likeness (QED) is 0.846. The number of para-hydroxylation sites is 1. The molecule has 0 spiro atoms. The second-order valence-corrected chi connectivity index (χ2v) is 4.92. The Morgan fingerprint density at radius 2 is 1.89 bits per heavy atom. The molecule has 1 aliphatic rings. The van der Waals surface area contributed by atoms with E-state index in [1.54, 1.807) is 0 Å². The molecule has 1 heterocycles. The predicted molar refractivity (Wildman–Crippen MR) is 76.2 cm³/mol. The normalized spacial score (nSPS) is 17.9. The highest BCUT2D eigenvalue weighted by molar-refractivity contribution is 6.01. The van der Waals surface area contributed by atoms with E-state index in [-0.39, 0.29) is 12.1 Å². The van der Waals surface area contributed by atoms with Crippen molar-refractivity contribution in [2.24, 2.45) is 0 Å². The number of nitrogens with one attached hydrogen (secondary N) is 1. The third-order valence-electron chi connectivity index (χ3n) is 3.54. The summed E-state index contributed by atoms with van der Waals surface area (Å²) in [5, 5.41) is 3.05. The van der Waals surface area contributed by atoms with Crippen LogP contribution in [-0.2, 0) is 0 Å². The molecule has 0 saturated heterocycles. The van der Waals surface area contributed by atoms with Gasteiger partial charge in [-0.1, -0.05) is 42.0 Å². The Labute approximate surface area is 112 Å². The van der Waals surface area contributed by atoms with Crippen LogP contribution in [0.5, 0.6) is 0 Å². The van der Waals surface area contributed by atoms with Crippen LogP contribution in [0.25, 0.3) is 0 Å². The first-order valence-corrected chi connectivity index (χ1v) is 6.36. The number of amides is 1. The zero-order valence-electron chi connectivity index (χ0n) is 11.1. The molecule has 0 aromatic heterocycles. The van der Waals surface area contributed by atoms with Gasteiger partial charge < -0.3 is 10.2 Å². The SMILES string of the molecule is Cc1cccc([C@H]2NC(=O)c3ccccc3N2C)c1. The van der Waals surface area contributed by atoms with Crippen LogP contribution in [0.1, 0.15) is 27.7 Å². The first-order chi connectivity index (χ1) is 9.16. The summed E-state index contributed by atoms with van der Waals surface area (Å²) in [6, 6.07) is 15.9. The second-order valence-electron chi connectivity index (χ2n) is 4.92. The molecule has 3 nitrogen and oxygen atoms in total. The molecule has 3 rings (SSSR count). The average Bonchev–Trinajstić information content (AvgIpc) is 2.43. The van der Waals surface area contributed by atoms with Gasteiger partial charge in [-0.25, -0.2) is 0 Å². The molecule has 0 fully saturated rings. The Hall–Kier alpha value is -2.29. The fourth-order valence-corrected chi connectivity index (χ4v) is 2.56. The van der Waals surface area contributed by atoms with Gasteiger partial charge in [-0.2, -0.15) is 0 Å². The number of hydrogen-bond acceptors (Lipinski definition) is 2. The van der Waals surface area contributed by atoms with Crippen molar-refractivity contribution in [3.8, 4) is 0 Å². The number of carbonyl (C=O) groups excluding carboxylic acids is 1. The molecule has 0 saturated carbocycles. The third kappa shape index (κ3) is 1.97. The second kappa shape index (κ2) is 4.43. The van der Waals surface area contributed by atoms with Gasteiger partial charge in [0.1, 0.15) is 6.17 Å². The predicted octanol–water partition coefficient (Wildman–Crippen LogP) is 2.87. The van der Waals surface area contributed by atoms with Crippen LogP contribution in [0, 0.1) is 6.92 Å². The highest BCUT2D eigenvalue weighted by Crippen LogP contribution is 2.31. The summed E-state index contributed by atoms with van der Waals surface area (Å²) in [5.74, 6) is -0.0137. The molecule has 0 aliphatic carbocycles. The molecule has 96 valence electrons. The topological polar surface area (TPSA) is 32.3 Å². The molecule has 1 N–H and O–H groups in total. The molecule has 1 amide bonds. The Balaban J connectivity index is 2.05. The standard InChI is InChI=1S/C16H16N2O/c1-11-6-5-7-12(10-11)15-17-16(19)13-8-3-4-9-14(13)18(15)2/h3-10,15H,1-2H3,(H,17,19)/t15-/m0/s1. The number of benzene rings is 2. The summed E-state index contributed by atoms with van der Waals surface area (Å²) < 4.78 is 0. The van der Waals surface area contributed by atoms with Gasteiger partial charge in [0.15, 0.2) is 0 Å². The number of hydrogen-bond donors (Lipinski definition) is 1. The van der Waals surface area contributed by atoms with E-state index >= 15 is 0 Å². The first kappa shape index (κ1) is 11.8. The first-order valence-electron chi connectivity index (χ1n) is 6.36. The van der Waals surface area contributed by atoms with Crippen molar-refractivity contribution < 1.29 is 4.79 Å². The number of fused-ring (bicyclic) bond motifs is 1. The van der Waals surface area contributed by atoms with E-state index in [4.69, 9.17) is 0 Å². The largest absolute Gasteiger partial charge is 0.350 e. The summed E-state index contributed by atoms with van der Waals surface area (Å²) in [6.07, 6.45) is -0.109. The molecule has 2 aromatic rings. The van der Waals surface area contributed by atoms with E-state index < -0.39 is 0 Å². The van der Waals surface area contributed by atoms with Crippen molar-refractivity contribution in [1.29, 1.82) is 0 Å². The minimum atomic E-state index is -0.109. The molecule has 2 aromatic carbocycles. The van der Waals surface area contributed by atoms with Crippen LogP contribution in [-0.4, -0.2) is 13.0 Å². The summed E-state index contributed by atoms with van der Waals surface area (Å²) in [7, 11) is 2.01. The van der Waals surface area contributed by atoms with Crippen molar-refractivity contribution >= 4 is 11.6 Å². The molecule has 1 aliphatic heterocycles. The van der Waals surface area contributed by atoms with Gasteiger partial charge in [0.25, 0.3) is 5.91 Å². The molecule has 0 radical (unpaired) electrons. The van der Waals surface area contributed by atoms with Crippen LogP contribution in [0.4, 0.5) is 5.69 Å². The molecule has 1 atom stereocenters. The Morgan fingerprint density at radius 3 is 2.68 bits per heavy atom. The van der Waals surface area contributed by atoms with E-state index in [1.807, 2.05) is 43.4 Å². The molecule has 19 heavy (non-hydrogen) atoms. The minimum absolute atomic E-state index is 0.0137. The number of aryl methyl sites for hydroxylation is 1. The summed E-state index contributed by atoms with van der Waals surface area (Å²) >= 11 is 0. The number of nitrogens with zero attached hydrogens (tertiary/aromatic N) is 1. The lowest BCUT2D eigenvalue weighted by Gasteiger charge is -2.36. The van der Waals surface area contributed by atoms with Crippen molar-refractivity contribution in [1.82, 2.24) is 5.32 Å². The number of rotatable bonds is 1. The average molecular weight is 252 g/mol. The minimum Gasteiger partial charge on any atom is -0.350 e. The monoisotopic (exact) mass is 252 g/mol. The highest BCUT2D eigenvalue weighted by Gasteiger charge is 2.28. The maximum absolute atomic E-state index is 12.2. The van der Waals surface area contributed by atoms with E-state index in [0.29, 0.717) is 0 Å². The Morgan fingerprint density at radius 1 is 1.11 bits per heavy atom. The third-order valence-corrected chi connectivity index (χ3v) is 3.54. The van der Waals surface area contributed by atoms with Crippen LogP contribution in [0.15, 0.2) is 48.5 Å². The molecule has 0 bridgehead atoms. The van der Waals surface area contributed by atoms with E-state index in [1.165, 1.54) is 5.56 Å². The van der Waals surface area contributed by atoms with Crippen molar-refractivity contribution in [2.75, 3.05) is 11.9 Å². The number of anilines is 1. The van der Waals surface area contributed by atoms with Gasteiger partial charge in [0.05, 0.1) is 11.3 Å². The Kier molecular flexibility index (Phi) is 2.75. The summed E-state index contributed by atoms with van der Waals surface area (Å²) in [4.78, 5) is 14.3. The maximum Gasteiger partial charge on any atom is 0.255 e. The van der Waals surface area contributed by atoms with Crippen molar-refractivity contribution in [3.05, 3.63) is 65.2 Å². The van der Waals surface area contributed by atoms with E-state index in [2.05, 4.69) is 29.3 Å². The Bertz CT molecular complexity index is 636. The lowest BCUT2D eigenvalue weighted by Crippen LogP contribution is -2.44. The van der Waals surface area contributed by atoms with Crippen LogP contribution < -0.4 is 10.2 Å². The van der Waals surface area contributed by atoms with Crippen molar-refractivity contribution in [3.63, 3.8) is 0 Å². The maximum atomic E-state index is 12.2. The zero-order chi connectivity index (χ0) is 13.4. The molecule has 0 unspecified atom stereocenters. The van der Waals surface area contributed by atoms with Gasteiger partial charge in [-0.15, -0.1) is 0 Å². The fraction of sp³-hybridized carbons (Fsp3) is 0.188. The summed E-state index contributed by atoms with van der Waals surface area (Å²) in [5.41, 5.74) is 4.00. The smallest absolute Gasteiger partial charge is 0.255 e. The lowest BCUT2D eigenvalue weighted by atomic mass is 10.0. The van der Waals surface area contributed by atoms with Gasteiger partial charge in [0, 0.05) is 7.05 Å². The van der Waals surface area contributed by atoms with Gasteiger partial charge >= 0.3 is 0 Å². The lowest BCUT2D eigenvalue weighted by molar-refractivity contribution is 0.0928. The van der Waals surface area contributed by atoms with Crippen LogP contribution in [0.3, 0.4) is 0 Å². The van der Waals surface area contributed by atoms with E-state index in [9.17, 15) is 4.79 Å². The van der Waals surface area contributed by atoms with Crippen LogP contribution in [0.2, 0.25) is 0 Å². The highest BCUT2D eigenvalue weighted by atomic mass is 16.2. The van der Waals surface area contributed by atoms with Gasteiger partial charge in [-0.05, 0) is 24.6 Å². The van der Waals surface area contributed by atoms with Gasteiger partial charge in [0.2, 0.25) is 0 Å². The fourth-order valence-electron chi connectivity index (χ4n) is 2.56. The van der Waals surface area contributed by atoms with Crippen LogP contribution >= 0.6 is 0 Å². The van der Waals surface area contributed by atoms with Crippen molar-refractivity contribution in [2.45, 2.75) is 13.1 Å². The molecule has 3 heteroatoms. The number of carbonyl (C=O) groups is 1. The molecular weight excluding hydrogens is 236 g/mol. The molecular formula is C16H16N2O.